The van der Waals surface area contributed by atoms with Gasteiger partial charge in [-0.25, -0.2) is 17.6 Å². The van der Waals surface area contributed by atoms with Crippen LogP contribution in [0.1, 0.15) is 82.6 Å². The van der Waals surface area contributed by atoms with Gasteiger partial charge in [0.05, 0.1) is 11.8 Å². The Labute approximate surface area is 222 Å². The third-order valence-electron chi connectivity index (χ3n) is 8.10. The summed E-state index contributed by atoms with van der Waals surface area (Å²) in [6, 6.07) is 4.22. The number of rotatable bonds is 9. The van der Waals surface area contributed by atoms with Gasteiger partial charge in [-0.2, -0.15) is 17.6 Å². The number of benzene rings is 2. The van der Waals surface area contributed by atoms with E-state index in [4.69, 9.17) is 4.74 Å². The topological polar surface area (TPSA) is 18.5 Å². The van der Waals surface area contributed by atoms with Crippen LogP contribution < -0.4 is 9.47 Å². The Hall–Kier alpha value is -2.52. The molecule has 2 saturated carbocycles. The fourth-order valence-corrected chi connectivity index (χ4v) is 5.91. The fraction of sp³-hybridized carbons (Fsp3) is 0.586. The lowest BCUT2D eigenvalue weighted by Gasteiger charge is -2.34. The Balaban J connectivity index is 1.33. The van der Waals surface area contributed by atoms with Gasteiger partial charge in [-0.15, -0.1) is 0 Å². The van der Waals surface area contributed by atoms with E-state index in [9.17, 15) is 35.1 Å². The van der Waals surface area contributed by atoms with Crippen LogP contribution in [0, 0.1) is 41.0 Å². The molecule has 4 rings (SSSR count). The average molecular weight is 565 g/mol. The Morgan fingerprint density at radius 3 is 1.67 bits per heavy atom. The number of hydrogen-bond donors (Lipinski definition) is 0. The molecular formula is C29H32F8O2. The molecule has 216 valence electrons. The second-order valence-electron chi connectivity index (χ2n) is 10.8. The quantitative estimate of drug-likeness (QED) is 0.223. The summed E-state index contributed by atoms with van der Waals surface area (Å²) in [7, 11) is 0. The van der Waals surface area contributed by atoms with Crippen molar-refractivity contribution >= 4 is 0 Å². The first kappa shape index (κ1) is 29.5. The predicted molar refractivity (Wildman–Crippen MR) is 129 cm³/mol. The Morgan fingerprint density at radius 1 is 0.667 bits per heavy atom. The van der Waals surface area contributed by atoms with Crippen LogP contribution >= 0.6 is 0 Å². The van der Waals surface area contributed by atoms with Crippen molar-refractivity contribution in [1.29, 1.82) is 0 Å². The van der Waals surface area contributed by atoms with E-state index in [1.165, 1.54) is 12.1 Å². The number of hydrogen-bond acceptors (Lipinski definition) is 2. The molecule has 0 saturated heterocycles. The summed E-state index contributed by atoms with van der Waals surface area (Å²) in [5.41, 5.74) is 0.219. The molecular weight excluding hydrogens is 532 g/mol. The van der Waals surface area contributed by atoms with Gasteiger partial charge in [-0.3, -0.25) is 0 Å². The first-order chi connectivity index (χ1) is 18.4. The van der Waals surface area contributed by atoms with Gasteiger partial charge < -0.3 is 9.47 Å². The van der Waals surface area contributed by atoms with Gasteiger partial charge in [0.2, 0.25) is 0 Å². The standard InChI is InChI=1S/C29H32F8O2/c1-2-3-17-4-8-19(9-5-17)28(34,35)38-21-12-13-23(24(30)14-21)18-6-10-20(11-7-18)29(36,37)39-22-15-25(31)27(33)26(32)16-22/h12-20H,2-11H2,1H3. The van der Waals surface area contributed by atoms with Crippen molar-refractivity contribution in [1.82, 2.24) is 0 Å². The molecule has 0 heterocycles. The summed E-state index contributed by atoms with van der Waals surface area (Å²) < 4.78 is 123. The summed E-state index contributed by atoms with van der Waals surface area (Å²) in [6.45, 7) is 2.07. The molecule has 0 aromatic heterocycles. The maximum atomic E-state index is 14.9. The lowest BCUT2D eigenvalue weighted by molar-refractivity contribution is -0.223. The van der Waals surface area contributed by atoms with Gasteiger partial charge in [0.25, 0.3) is 0 Å². The molecule has 0 unspecified atom stereocenters. The zero-order chi connectivity index (χ0) is 28.4. The Bertz CT molecular complexity index is 1100. The van der Waals surface area contributed by atoms with Crippen LogP contribution in [0.5, 0.6) is 11.5 Å². The molecule has 0 amide bonds. The van der Waals surface area contributed by atoms with Crippen molar-refractivity contribution < 1.29 is 44.6 Å². The smallest absolute Gasteiger partial charge is 0.400 e. The molecule has 2 aliphatic carbocycles. The summed E-state index contributed by atoms with van der Waals surface area (Å²) in [6.07, 6.45) is -2.90. The largest absolute Gasteiger partial charge is 0.432 e. The Morgan fingerprint density at radius 2 is 1.15 bits per heavy atom. The molecule has 0 spiro atoms. The first-order valence-electron chi connectivity index (χ1n) is 13.5. The molecule has 0 atom stereocenters. The van der Waals surface area contributed by atoms with Gasteiger partial charge >= 0.3 is 12.2 Å². The van der Waals surface area contributed by atoms with E-state index in [1.807, 2.05) is 0 Å². The van der Waals surface area contributed by atoms with Crippen LogP contribution in [-0.2, 0) is 0 Å². The molecule has 10 heteroatoms. The van der Waals surface area contributed by atoms with Gasteiger partial charge in [-0.05, 0) is 74.8 Å². The summed E-state index contributed by atoms with van der Waals surface area (Å²) in [5, 5.41) is 0. The maximum absolute atomic E-state index is 14.9. The molecule has 2 aliphatic rings. The van der Waals surface area contributed by atoms with Crippen molar-refractivity contribution in [2.24, 2.45) is 17.8 Å². The molecule has 2 aromatic carbocycles. The van der Waals surface area contributed by atoms with Crippen molar-refractivity contribution in [2.45, 2.75) is 89.3 Å². The molecule has 2 nitrogen and oxygen atoms in total. The van der Waals surface area contributed by atoms with Crippen LogP contribution in [-0.4, -0.2) is 12.2 Å². The summed E-state index contributed by atoms with van der Waals surface area (Å²) in [4.78, 5) is 0. The van der Waals surface area contributed by atoms with E-state index in [2.05, 4.69) is 11.7 Å². The highest BCUT2D eigenvalue weighted by Gasteiger charge is 2.46. The van der Waals surface area contributed by atoms with E-state index < -0.39 is 59.0 Å². The normalized spacial score (nSPS) is 24.4. The molecule has 2 aromatic rings. The minimum Gasteiger partial charge on any atom is -0.432 e. The van der Waals surface area contributed by atoms with Gasteiger partial charge in [0.15, 0.2) is 17.5 Å². The van der Waals surface area contributed by atoms with E-state index in [0.29, 0.717) is 30.9 Å². The highest BCUT2D eigenvalue weighted by molar-refractivity contribution is 5.32. The SMILES string of the molecule is CCCC1CCC(C(F)(F)Oc2ccc(C3CCC(C(F)(F)Oc4cc(F)c(F)c(F)c4)CC3)c(F)c2)CC1. The number of alkyl halides is 4. The highest BCUT2D eigenvalue weighted by atomic mass is 19.3. The van der Waals surface area contributed by atoms with Gasteiger partial charge in [-0.1, -0.05) is 25.8 Å². The zero-order valence-corrected chi connectivity index (χ0v) is 21.6. The minimum absolute atomic E-state index is 0.0830. The maximum Gasteiger partial charge on any atom is 0.400 e. The Kier molecular flexibility index (Phi) is 9.01. The summed E-state index contributed by atoms with van der Waals surface area (Å²) in [5.74, 6) is -9.20. The highest BCUT2D eigenvalue weighted by Crippen LogP contribution is 2.45. The molecule has 0 N–H and O–H groups in total. The van der Waals surface area contributed by atoms with Crippen LogP contribution in [0.3, 0.4) is 0 Å². The van der Waals surface area contributed by atoms with Gasteiger partial charge in [0.1, 0.15) is 17.3 Å². The second-order valence-corrected chi connectivity index (χ2v) is 10.8. The van der Waals surface area contributed by atoms with Crippen molar-refractivity contribution in [3.05, 3.63) is 59.2 Å². The molecule has 0 aliphatic heterocycles. The zero-order valence-electron chi connectivity index (χ0n) is 21.6. The molecule has 2 fully saturated rings. The number of ether oxygens (including phenoxy) is 2. The van der Waals surface area contributed by atoms with E-state index in [1.54, 1.807) is 0 Å². The number of halogens is 8. The predicted octanol–water partition coefficient (Wildman–Crippen LogP) is 9.77. The first-order valence-corrected chi connectivity index (χ1v) is 13.5. The van der Waals surface area contributed by atoms with Crippen molar-refractivity contribution in [3.63, 3.8) is 0 Å². The van der Waals surface area contributed by atoms with Crippen molar-refractivity contribution in [2.75, 3.05) is 0 Å². The minimum atomic E-state index is -3.79. The van der Waals surface area contributed by atoms with Crippen LogP contribution in [0.2, 0.25) is 0 Å². The lowest BCUT2D eigenvalue weighted by atomic mass is 9.78. The van der Waals surface area contributed by atoms with Gasteiger partial charge in [0, 0.05) is 18.2 Å². The third-order valence-corrected chi connectivity index (χ3v) is 8.10. The molecule has 39 heavy (non-hydrogen) atoms. The monoisotopic (exact) mass is 564 g/mol. The lowest BCUT2D eigenvalue weighted by Crippen LogP contribution is -2.37. The molecule has 0 radical (unpaired) electrons. The fourth-order valence-electron chi connectivity index (χ4n) is 5.91. The average Bonchev–Trinajstić information content (AvgIpc) is 2.87. The van der Waals surface area contributed by atoms with E-state index in [0.717, 1.165) is 31.7 Å². The van der Waals surface area contributed by atoms with E-state index in [-0.39, 0.29) is 37.0 Å². The molecule has 0 bridgehead atoms. The van der Waals surface area contributed by atoms with Crippen LogP contribution in [0.4, 0.5) is 35.1 Å². The summed E-state index contributed by atoms with van der Waals surface area (Å²) >= 11 is 0. The van der Waals surface area contributed by atoms with Crippen LogP contribution in [0.25, 0.3) is 0 Å². The van der Waals surface area contributed by atoms with Crippen LogP contribution in [0.15, 0.2) is 30.3 Å². The third kappa shape index (κ3) is 6.98. The van der Waals surface area contributed by atoms with E-state index >= 15 is 0 Å². The second kappa shape index (κ2) is 11.9. The van der Waals surface area contributed by atoms with Crippen molar-refractivity contribution in [3.8, 4) is 11.5 Å².